The van der Waals surface area contributed by atoms with Crippen LogP contribution < -0.4 is 4.74 Å². The van der Waals surface area contributed by atoms with Crippen molar-refractivity contribution < 1.29 is 24.5 Å². The summed E-state index contributed by atoms with van der Waals surface area (Å²) in [4.78, 5) is 11.7. The molecule has 0 amide bonds. The van der Waals surface area contributed by atoms with Crippen LogP contribution in [0.15, 0.2) is 36.9 Å². The summed E-state index contributed by atoms with van der Waals surface area (Å²) in [6.07, 6.45) is -0.387. The average Bonchev–Trinajstić information content (AvgIpc) is 2.44. The van der Waals surface area contributed by atoms with Gasteiger partial charge in [-0.05, 0) is 30.7 Å². The summed E-state index contributed by atoms with van der Waals surface area (Å²) in [7, 11) is 1.53. The molecule has 2 N–H and O–H groups in total. The highest BCUT2D eigenvalue weighted by Crippen LogP contribution is 2.12. The topological polar surface area (TPSA) is 76.0 Å². The number of aliphatic hydroxyl groups is 2. The van der Waals surface area contributed by atoms with Gasteiger partial charge in [-0.25, -0.2) is 4.79 Å². The molecule has 1 aromatic rings. The van der Waals surface area contributed by atoms with E-state index in [1.54, 1.807) is 24.3 Å². The number of methoxy groups -OCH3 is 1. The average molecular weight is 266 g/mol. The minimum absolute atomic E-state index is 0.237. The minimum Gasteiger partial charge on any atom is -0.497 e. The van der Waals surface area contributed by atoms with Crippen LogP contribution in [0.5, 0.6) is 5.75 Å². The molecule has 0 saturated heterocycles. The van der Waals surface area contributed by atoms with Gasteiger partial charge in [-0.15, -0.1) is 6.58 Å². The van der Waals surface area contributed by atoms with Gasteiger partial charge in [0.15, 0.2) is 0 Å². The van der Waals surface area contributed by atoms with Crippen LogP contribution in [0.25, 0.3) is 0 Å². The molecule has 1 aromatic carbocycles. The molecule has 0 radical (unpaired) electrons. The molecule has 0 heterocycles. The van der Waals surface area contributed by atoms with E-state index in [0.717, 1.165) is 0 Å². The van der Waals surface area contributed by atoms with Gasteiger partial charge in [0.1, 0.15) is 18.5 Å². The number of esters is 1. The van der Waals surface area contributed by atoms with Crippen molar-refractivity contribution in [2.75, 3.05) is 13.7 Å². The fraction of sp³-hybridized carbons (Fsp3) is 0.357. The first-order valence-electron chi connectivity index (χ1n) is 5.86. The van der Waals surface area contributed by atoms with Crippen molar-refractivity contribution in [1.29, 1.82) is 0 Å². The largest absolute Gasteiger partial charge is 0.497 e. The lowest BCUT2D eigenvalue weighted by atomic mass is 10.1. The lowest BCUT2D eigenvalue weighted by molar-refractivity contribution is -0.0257. The van der Waals surface area contributed by atoms with E-state index >= 15 is 0 Å². The second kappa shape index (κ2) is 7.56. The van der Waals surface area contributed by atoms with Gasteiger partial charge in [-0.3, -0.25) is 0 Å². The van der Waals surface area contributed by atoms with Gasteiger partial charge in [0.25, 0.3) is 0 Å². The molecule has 0 unspecified atom stereocenters. The van der Waals surface area contributed by atoms with Gasteiger partial charge in [-0.1, -0.05) is 6.08 Å². The normalized spacial score (nSPS) is 13.4. The smallest absolute Gasteiger partial charge is 0.338 e. The number of aliphatic hydroxyl groups excluding tert-OH is 2. The molecule has 0 bridgehead atoms. The Morgan fingerprint density at radius 2 is 1.95 bits per heavy atom. The summed E-state index contributed by atoms with van der Waals surface area (Å²) in [5.74, 6) is 0.0745. The van der Waals surface area contributed by atoms with E-state index in [1.165, 1.54) is 13.2 Å². The van der Waals surface area contributed by atoms with Crippen molar-refractivity contribution in [2.45, 2.75) is 18.6 Å². The van der Waals surface area contributed by atoms with Crippen LogP contribution in [0.2, 0.25) is 0 Å². The summed E-state index contributed by atoms with van der Waals surface area (Å²) >= 11 is 0. The van der Waals surface area contributed by atoms with Crippen LogP contribution in [0, 0.1) is 0 Å². The van der Waals surface area contributed by atoms with Crippen molar-refractivity contribution in [3.63, 3.8) is 0 Å². The molecule has 0 saturated carbocycles. The van der Waals surface area contributed by atoms with E-state index < -0.39 is 18.2 Å². The van der Waals surface area contributed by atoms with Crippen molar-refractivity contribution in [3.05, 3.63) is 42.5 Å². The minimum atomic E-state index is -1.12. The zero-order chi connectivity index (χ0) is 14.3. The molecule has 1 rings (SSSR count). The Morgan fingerprint density at radius 1 is 1.32 bits per heavy atom. The third kappa shape index (κ3) is 4.73. The van der Waals surface area contributed by atoms with E-state index in [4.69, 9.17) is 9.47 Å². The highest BCUT2D eigenvalue weighted by molar-refractivity contribution is 5.89. The molecule has 0 aliphatic carbocycles. The van der Waals surface area contributed by atoms with E-state index in [-0.39, 0.29) is 13.0 Å². The highest BCUT2D eigenvalue weighted by atomic mass is 16.5. The van der Waals surface area contributed by atoms with Gasteiger partial charge < -0.3 is 19.7 Å². The summed E-state index contributed by atoms with van der Waals surface area (Å²) in [6.45, 7) is 3.19. The van der Waals surface area contributed by atoms with E-state index in [9.17, 15) is 15.0 Å². The number of carbonyl (C=O) groups excluding carboxylic acids is 1. The summed E-state index contributed by atoms with van der Waals surface area (Å²) in [5, 5.41) is 19.0. The van der Waals surface area contributed by atoms with Gasteiger partial charge in [0, 0.05) is 0 Å². The third-order valence-corrected chi connectivity index (χ3v) is 2.56. The molecule has 0 spiro atoms. The van der Waals surface area contributed by atoms with E-state index in [1.807, 2.05) is 0 Å². The number of carbonyl (C=O) groups is 1. The van der Waals surface area contributed by atoms with Crippen LogP contribution in [0.4, 0.5) is 0 Å². The zero-order valence-electron chi connectivity index (χ0n) is 10.8. The number of benzene rings is 1. The predicted octanol–water partition coefficient (Wildman–Crippen LogP) is 1.15. The van der Waals surface area contributed by atoms with Crippen molar-refractivity contribution in [1.82, 2.24) is 0 Å². The molecule has 0 aliphatic rings. The number of hydrogen-bond acceptors (Lipinski definition) is 5. The Kier molecular flexibility index (Phi) is 6.05. The van der Waals surface area contributed by atoms with Gasteiger partial charge >= 0.3 is 5.97 Å². The van der Waals surface area contributed by atoms with Gasteiger partial charge in [0.2, 0.25) is 0 Å². The van der Waals surface area contributed by atoms with E-state index in [0.29, 0.717) is 11.3 Å². The molecule has 0 aliphatic heterocycles. The van der Waals surface area contributed by atoms with Crippen LogP contribution in [-0.2, 0) is 4.74 Å². The first-order chi connectivity index (χ1) is 9.08. The standard InChI is InChI=1S/C14H18O5/c1-3-4-12(15)13(16)9-19-14(17)10-5-7-11(18-2)8-6-10/h3,5-8,12-13,15-16H,1,4,9H2,2H3/t12-,13-/m1/s1. The number of rotatable bonds is 7. The van der Waals surface area contributed by atoms with Crippen molar-refractivity contribution in [3.8, 4) is 5.75 Å². The van der Waals surface area contributed by atoms with Crippen LogP contribution in [-0.4, -0.2) is 42.1 Å². The lowest BCUT2D eigenvalue weighted by Crippen LogP contribution is -2.31. The van der Waals surface area contributed by atoms with Crippen molar-refractivity contribution >= 4 is 5.97 Å². The SMILES string of the molecule is C=CC[C@@H](O)[C@H](O)COC(=O)c1ccc(OC)cc1. The maximum atomic E-state index is 11.7. The molecule has 19 heavy (non-hydrogen) atoms. The Morgan fingerprint density at radius 3 is 2.47 bits per heavy atom. The molecule has 104 valence electrons. The second-order valence-corrected chi connectivity index (χ2v) is 3.99. The first kappa shape index (κ1) is 15.2. The monoisotopic (exact) mass is 266 g/mol. The second-order valence-electron chi connectivity index (χ2n) is 3.99. The van der Waals surface area contributed by atoms with E-state index in [2.05, 4.69) is 6.58 Å². The number of ether oxygens (including phenoxy) is 2. The Balaban J connectivity index is 2.48. The molecular formula is C14H18O5. The predicted molar refractivity (Wildman–Crippen MR) is 70.1 cm³/mol. The third-order valence-electron chi connectivity index (χ3n) is 2.56. The summed E-state index contributed by atoms with van der Waals surface area (Å²) in [6, 6.07) is 6.40. The van der Waals surface area contributed by atoms with Gasteiger partial charge in [-0.2, -0.15) is 0 Å². The van der Waals surface area contributed by atoms with Gasteiger partial charge in [0.05, 0.1) is 18.8 Å². The fourth-order valence-corrected chi connectivity index (χ4v) is 1.41. The Hall–Kier alpha value is -1.85. The van der Waals surface area contributed by atoms with Crippen LogP contribution >= 0.6 is 0 Å². The van der Waals surface area contributed by atoms with Crippen LogP contribution in [0.3, 0.4) is 0 Å². The first-order valence-corrected chi connectivity index (χ1v) is 5.86. The zero-order valence-corrected chi connectivity index (χ0v) is 10.8. The molecule has 0 fully saturated rings. The van der Waals surface area contributed by atoms with Crippen LogP contribution in [0.1, 0.15) is 16.8 Å². The Labute approximate surface area is 112 Å². The fourth-order valence-electron chi connectivity index (χ4n) is 1.41. The molecule has 5 nitrogen and oxygen atoms in total. The Bertz CT molecular complexity index is 412. The lowest BCUT2D eigenvalue weighted by Gasteiger charge is -2.16. The molecule has 2 atom stereocenters. The molecular weight excluding hydrogens is 248 g/mol. The highest BCUT2D eigenvalue weighted by Gasteiger charge is 2.17. The molecule has 5 heteroatoms. The maximum Gasteiger partial charge on any atom is 0.338 e. The summed E-state index contributed by atoms with van der Waals surface area (Å²) < 4.78 is 9.88. The molecule has 0 aromatic heterocycles. The summed E-state index contributed by atoms with van der Waals surface area (Å²) in [5.41, 5.74) is 0.353. The quantitative estimate of drug-likeness (QED) is 0.572. The maximum absolute atomic E-state index is 11.7. The number of hydrogen-bond donors (Lipinski definition) is 2. The van der Waals surface area contributed by atoms with Crippen molar-refractivity contribution in [2.24, 2.45) is 0 Å².